The van der Waals surface area contributed by atoms with Gasteiger partial charge < -0.3 is 10.6 Å². The largest absolute Gasteiger partial charge is 0.356 e. The van der Waals surface area contributed by atoms with Crippen molar-refractivity contribution in [2.24, 2.45) is 5.41 Å². The molecule has 0 aromatic carbocycles. The molecule has 2 aliphatic heterocycles. The molecule has 0 bridgehead atoms. The molecule has 11 heavy (non-hydrogen) atoms. The Bertz CT molecular complexity index is 173. The molecule has 1 spiro atoms. The van der Waals surface area contributed by atoms with E-state index in [2.05, 4.69) is 10.6 Å². The Balaban J connectivity index is 2.13. The first kappa shape index (κ1) is 7.10. The van der Waals surface area contributed by atoms with Gasteiger partial charge in [0.15, 0.2) is 0 Å². The smallest absolute Gasteiger partial charge is 0.227 e. The molecular formula is C8H14N2O. The van der Waals surface area contributed by atoms with Crippen LogP contribution in [0, 0.1) is 5.41 Å². The molecule has 1 amide bonds. The van der Waals surface area contributed by atoms with E-state index in [-0.39, 0.29) is 11.3 Å². The van der Waals surface area contributed by atoms with Gasteiger partial charge in [-0.2, -0.15) is 0 Å². The van der Waals surface area contributed by atoms with Gasteiger partial charge in [-0.25, -0.2) is 0 Å². The van der Waals surface area contributed by atoms with Gasteiger partial charge in [-0.15, -0.1) is 0 Å². The Morgan fingerprint density at radius 3 is 2.82 bits per heavy atom. The number of carbonyl (C=O) groups is 1. The molecule has 2 rings (SSSR count). The van der Waals surface area contributed by atoms with Crippen LogP contribution in [-0.4, -0.2) is 25.5 Å². The van der Waals surface area contributed by atoms with Crippen LogP contribution in [0.5, 0.6) is 0 Å². The van der Waals surface area contributed by atoms with Gasteiger partial charge >= 0.3 is 0 Å². The second kappa shape index (κ2) is 2.48. The normalized spacial score (nSPS) is 37.6. The number of piperidine rings is 1. The SMILES string of the molecule is O=C1NCCC[C@]12CCNC2. The highest BCUT2D eigenvalue weighted by Crippen LogP contribution is 2.33. The number of hydrogen-bond acceptors (Lipinski definition) is 2. The number of hydrogen-bond donors (Lipinski definition) is 2. The molecule has 0 radical (unpaired) electrons. The lowest BCUT2D eigenvalue weighted by Crippen LogP contribution is -2.47. The summed E-state index contributed by atoms with van der Waals surface area (Å²) in [5, 5.41) is 6.19. The van der Waals surface area contributed by atoms with Crippen LogP contribution < -0.4 is 10.6 Å². The lowest BCUT2D eigenvalue weighted by atomic mass is 9.79. The highest BCUT2D eigenvalue weighted by atomic mass is 16.2. The van der Waals surface area contributed by atoms with Crippen LogP contribution >= 0.6 is 0 Å². The summed E-state index contributed by atoms with van der Waals surface area (Å²) in [6.45, 7) is 2.77. The monoisotopic (exact) mass is 154 g/mol. The summed E-state index contributed by atoms with van der Waals surface area (Å²) in [6, 6.07) is 0. The standard InChI is InChI=1S/C8H14N2O/c11-7-8(2-1-4-10-7)3-5-9-6-8/h9H,1-6H2,(H,10,11)/t8-/m1/s1. The maximum absolute atomic E-state index is 11.5. The van der Waals surface area contributed by atoms with Crippen molar-refractivity contribution in [2.45, 2.75) is 19.3 Å². The Labute approximate surface area is 66.5 Å². The van der Waals surface area contributed by atoms with Gasteiger partial charge in [0.1, 0.15) is 0 Å². The van der Waals surface area contributed by atoms with Crippen LogP contribution in [0.4, 0.5) is 0 Å². The van der Waals surface area contributed by atoms with Crippen LogP contribution in [0.2, 0.25) is 0 Å². The lowest BCUT2D eigenvalue weighted by molar-refractivity contribution is -0.132. The van der Waals surface area contributed by atoms with E-state index in [0.717, 1.165) is 38.9 Å². The van der Waals surface area contributed by atoms with Crippen molar-refractivity contribution >= 4 is 5.91 Å². The Morgan fingerprint density at radius 1 is 1.27 bits per heavy atom. The first-order valence-corrected chi connectivity index (χ1v) is 4.33. The predicted octanol–water partition coefficient (Wildman–Crippen LogP) is -0.124. The lowest BCUT2D eigenvalue weighted by Gasteiger charge is -2.31. The molecule has 0 aromatic rings. The number of rotatable bonds is 0. The van der Waals surface area contributed by atoms with Gasteiger partial charge in [-0.3, -0.25) is 4.79 Å². The van der Waals surface area contributed by atoms with Gasteiger partial charge in [0.2, 0.25) is 5.91 Å². The molecule has 2 saturated heterocycles. The first-order chi connectivity index (χ1) is 5.33. The number of carbonyl (C=O) groups excluding carboxylic acids is 1. The maximum atomic E-state index is 11.5. The van der Waals surface area contributed by atoms with Crippen LogP contribution in [0.1, 0.15) is 19.3 Å². The molecular weight excluding hydrogens is 140 g/mol. The van der Waals surface area contributed by atoms with E-state index in [0.29, 0.717) is 0 Å². The summed E-state index contributed by atoms with van der Waals surface area (Å²) >= 11 is 0. The number of nitrogens with one attached hydrogen (secondary N) is 2. The third-order valence-electron chi connectivity index (χ3n) is 2.84. The fourth-order valence-electron chi connectivity index (χ4n) is 2.08. The topological polar surface area (TPSA) is 41.1 Å². The van der Waals surface area contributed by atoms with Crippen LogP contribution in [-0.2, 0) is 4.79 Å². The Morgan fingerprint density at radius 2 is 2.18 bits per heavy atom. The zero-order valence-electron chi connectivity index (χ0n) is 6.65. The van der Waals surface area contributed by atoms with E-state index >= 15 is 0 Å². The quantitative estimate of drug-likeness (QED) is 0.510. The Hall–Kier alpha value is -0.570. The third-order valence-corrected chi connectivity index (χ3v) is 2.84. The molecule has 1 atom stereocenters. The van der Waals surface area contributed by atoms with Crippen molar-refractivity contribution in [3.8, 4) is 0 Å². The van der Waals surface area contributed by atoms with E-state index in [1.54, 1.807) is 0 Å². The summed E-state index contributed by atoms with van der Waals surface area (Å²) < 4.78 is 0. The van der Waals surface area contributed by atoms with Crippen molar-refractivity contribution in [3.63, 3.8) is 0 Å². The number of amides is 1. The van der Waals surface area contributed by atoms with Crippen molar-refractivity contribution in [1.82, 2.24) is 10.6 Å². The second-order valence-corrected chi connectivity index (χ2v) is 3.57. The van der Waals surface area contributed by atoms with Crippen molar-refractivity contribution in [2.75, 3.05) is 19.6 Å². The van der Waals surface area contributed by atoms with E-state index in [1.165, 1.54) is 0 Å². The van der Waals surface area contributed by atoms with E-state index in [1.807, 2.05) is 0 Å². The molecule has 3 nitrogen and oxygen atoms in total. The Kier molecular flexibility index (Phi) is 1.60. The van der Waals surface area contributed by atoms with Gasteiger partial charge in [0, 0.05) is 13.1 Å². The summed E-state index contributed by atoms with van der Waals surface area (Å²) in [7, 11) is 0. The molecule has 0 aliphatic carbocycles. The summed E-state index contributed by atoms with van der Waals surface area (Å²) in [5.74, 6) is 0.272. The van der Waals surface area contributed by atoms with Gasteiger partial charge in [-0.05, 0) is 25.8 Å². The van der Waals surface area contributed by atoms with Crippen molar-refractivity contribution in [1.29, 1.82) is 0 Å². The summed E-state index contributed by atoms with van der Waals surface area (Å²) in [5.41, 5.74) is -0.0295. The van der Waals surface area contributed by atoms with Gasteiger partial charge in [-0.1, -0.05) is 0 Å². The zero-order valence-corrected chi connectivity index (χ0v) is 6.65. The average molecular weight is 154 g/mol. The molecule has 0 saturated carbocycles. The van der Waals surface area contributed by atoms with Gasteiger partial charge in [0.25, 0.3) is 0 Å². The van der Waals surface area contributed by atoms with Crippen LogP contribution in [0.15, 0.2) is 0 Å². The highest BCUT2D eigenvalue weighted by Gasteiger charge is 2.42. The molecule has 2 N–H and O–H groups in total. The second-order valence-electron chi connectivity index (χ2n) is 3.57. The third kappa shape index (κ3) is 1.03. The highest BCUT2D eigenvalue weighted by molar-refractivity contribution is 5.83. The fourth-order valence-corrected chi connectivity index (χ4v) is 2.08. The first-order valence-electron chi connectivity index (χ1n) is 4.33. The van der Waals surface area contributed by atoms with Gasteiger partial charge in [0.05, 0.1) is 5.41 Å². The van der Waals surface area contributed by atoms with Crippen molar-refractivity contribution < 1.29 is 4.79 Å². The summed E-state index contributed by atoms with van der Waals surface area (Å²) in [6.07, 6.45) is 3.25. The predicted molar refractivity (Wildman–Crippen MR) is 42.2 cm³/mol. The van der Waals surface area contributed by atoms with Crippen molar-refractivity contribution in [3.05, 3.63) is 0 Å². The van der Waals surface area contributed by atoms with Crippen LogP contribution in [0.3, 0.4) is 0 Å². The average Bonchev–Trinajstić information content (AvgIpc) is 2.46. The minimum Gasteiger partial charge on any atom is -0.356 e. The minimum absolute atomic E-state index is 0.0295. The minimum atomic E-state index is -0.0295. The molecule has 0 unspecified atom stereocenters. The van der Waals surface area contributed by atoms with Crippen LogP contribution in [0.25, 0.3) is 0 Å². The molecule has 2 heterocycles. The fraction of sp³-hybridized carbons (Fsp3) is 0.875. The molecule has 2 fully saturated rings. The summed E-state index contributed by atoms with van der Waals surface area (Å²) in [4.78, 5) is 11.5. The molecule has 3 heteroatoms. The zero-order chi connectivity index (χ0) is 7.73. The molecule has 62 valence electrons. The van der Waals surface area contributed by atoms with E-state index in [4.69, 9.17) is 0 Å². The van der Waals surface area contributed by atoms with E-state index in [9.17, 15) is 4.79 Å². The maximum Gasteiger partial charge on any atom is 0.227 e. The van der Waals surface area contributed by atoms with E-state index < -0.39 is 0 Å². The molecule has 0 aromatic heterocycles. The molecule has 2 aliphatic rings.